The highest BCUT2D eigenvalue weighted by Crippen LogP contribution is 2.37. The fourth-order valence-electron chi connectivity index (χ4n) is 3.48. The van der Waals surface area contributed by atoms with Gasteiger partial charge < -0.3 is 14.4 Å². The summed E-state index contributed by atoms with van der Waals surface area (Å²) in [5, 5.41) is 0.503. The van der Waals surface area contributed by atoms with Gasteiger partial charge >= 0.3 is 0 Å². The van der Waals surface area contributed by atoms with Crippen LogP contribution in [0.15, 0.2) is 84.9 Å². The molecular weight excluding hydrogens is 386 g/mol. The molecule has 1 saturated heterocycles. The van der Waals surface area contributed by atoms with Gasteiger partial charge in [0.2, 0.25) is 11.7 Å². The van der Waals surface area contributed by atoms with Gasteiger partial charge in [-0.1, -0.05) is 84.4 Å². The minimum absolute atomic E-state index is 0.0607. The maximum Gasteiger partial charge on any atom is 0.249 e. The van der Waals surface area contributed by atoms with E-state index >= 15 is 0 Å². The maximum absolute atomic E-state index is 12.8. The third kappa shape index (κ3) is 4.44. The van der Waals surface area contributed by atoms with Crippen molar-refractivity contribution in [1.29, 1.82) is 0 Å². The molecule has 5 heteroatoms. The number of halogens is 1. The van der Waals surface area contributed by atoms with Crippen LogP contribution in [0.1, 0.15) is 17.5 Å². The number of rotatable bonds is 5. The lowest BCUT2D eigenvalue weighted by Gasteiger charge is -2.33. The number of para-hydroxylation sites is 1. The van der Waals surface area contributed by atoms with E-state index in [0.29, 0.717) is 30.3 Å². The summed E-state index contributed by atoms with van der Waals surface area (Å²) in [5.41, 5.74) is 1.94. The molecular formula is C24H22ClNO3. The van der Waals surface area contributed by atoms with Crippen molar-refractivity contribution >= 4 is 17.5 Å². The SMILES string of the molecule is O=C1COC(Oc2ccccc2Cl)(c2ccccc2)CCN1Cc1ccccc1. The first-order chi connectivity index (χ1) is 14.2. The number of amides is 1. The van der Waals surface area contributed by atoms with Gasteiger partial charge in [0.1, 0.15) is 12.4 Å². The quantitative estimate of drug-likeness (QED) is 0.596. The first-order valence-electron chi connectivity index (χ1n) is 9.61. The fourth-order valence-corrected chi connectivity index (χ4v) is 3.66. The minimum atomic E-state index is -1.09. The van der Waals surface area contributed by atoms with Crippen LogP contribution in [0.2, 0.25) is 5.02 Å². The van der Waals surface area contributed by atoms with Crippen LogP contribution in [0.4, 0.5) is 0 Å². The van der Waals surface area contributed by atoms with Crippen molar-refractivity contribution in [2.24, 2.45) is 0 Å². The van der Waals surface area contributed by atoms with E-state index in [4.69, 9.17) is 21.1 Å². The molecule has 1 aliphatic rings. The highest BCUT2D eigenvalue weighted by atomic mass is 35.5. The summed E-state index contributed by atoms with van der Waals surface area (Å²) < 4.78 is 12.5. The molecule has 0 aliphatic carbocycles. The van der Waals surface area contributed by atoms with Gasteiger partial charge in [-0.15, -0.1) is 0 Å². The molecule has 0 bridgehead atoms. The van der Waals surface area contributed by atoms with Gasteiger partial charge in [0, 0.05) is 25.1 Å². The molecule has 1 heterocycles. The number of hydrogen-bond acceptors (Lipinski definition) is 3. The van der Waals surface area contributed by atoms with Gasteiger partial charge in [-0.05, 0) is 17.7 Å². The van der Waals surface area contributed by atoms with Crippen LogP contribution in [-0.2, 0) is 21.9 Å². The van der Waals surface area contributed by atoms with E-state index < -0.39 is 5.79 Å². The predicted molar refractivity (Wildman–Crippen MR) is 113 cm³/mol. The normalized spacial score (nSPS) is 19.6. The lowest BCUT2D eigenvalue weighted by molar-refractivity contribution is -0.191. The van der Waals surface area contributed by atoms with Crippen LogP contribution < -0.4 is 4.74 Å². The monoisotopic (exact) mass is 407 g/mol. The molecule has 1 unspecified atom stereocenters. The van der Waals surface area contributed by atoms with Gasteiger partial charge in [0.05, 0.1) is 5.02 Å². The second-order valence-corrected chi connectivity index (χ2v) is 7.40. The molecule has 0 N–H and O–H groups in total. The number of carbonyl (C=O) groups is 1. The smallest absolute Gasteiger partial charge is 0.249 e. The highest BCUT2D eigenvalue weighted by Gasteiger charge is 2.40. The topological polar surface area (TPSA) is 38.8 Å². The van der Waals surface area contributed by atoms with Crippen molar-refractivity contribution in [1.82, 2.24) is 4.90 Å². The Kier molecular flexibility index (Phi) is 5.84. The second-order valence-electron chi connectivity index (χ2n) is 6.99. The molecule has 0 radical (unpaired) electrons. The van der Waals surface area contributed by atoms with Crippen molar-refractivity contribution in [2.75, 3.05) is 13.2 Å². The lowest BCUT2D eigenvalue weighted by Crippen LogP contribution is -2.37. The summed E-state index contributed by atoms with van der Waals surface area (Å²) in [6, 6.07) is 27.0. The summed E-state index contributed by atoms with van der Waals surface area (Å²) in [6.07, 6.45) is 0.487. The zero-order chi connectivity index (χ0) is 20.1. The van der Waals surface area contributed by atoms with Gasteiger partial charge in [0.25, 0.3) is 0 Å². The number of hydrogen-bond donors (Lipinski definition) is 0. The Morgan fingerprint density at radius 2 is 1.59 bits per heavy atom. The maximum atomic E-state index is 12.8. The standard InChI is InChI=1S/C24H22ClNO3/c25-21-13-7-8-14-22(21)29-24(20-11-5-2-6-12-20)15-16-26(23(27)18-28-24)17-19-9-3-1-4-10-19/h1-14H,15-18H2. The third-order valence-corrected chi connectivity index (χ3v) is 5.35. The predicted octanol–water partition coefficient (Wildman–Crippen LogP) is 5.02. The van der Waals surface area contributed by atoms with Crippen LogP contribution >= 0.6 is 11.6 Å². The summed E-state index contributed by atoms with van der Waals surface area (Å²) in [4.78, 5) is 14.6. The Bertz CT molecular complexity index is 964. The van der Waals surface area contributed by atoms with Crippen molar-refractivity contribution in [2.45, 2.75) is 18.8 Å². The first kappa shape index (κ1) is 19.5. The molecule has 1 amide bonds. The molecule has 1 aliphatic heterocycles. The Hall–Kier alpha value is -2.82. The van der Waals surface area contributed by atoms with Crippen molar-refractivity contribution < 1.29 is 14.3 Å². The Morgan fingerprint density at radius 3 is 2.31 bits per heavy atom. The molecule has 29 heavy (non-hydrogen) atoms. The fraction of sp³-hybridized carbons (Fsp3) is 0.208. The molecule has 148 valence electrons. The lowest BCUT2D eigenvalue weighted by atomic mass is 10.0. The van der Waals surface area contributed by atoms with Gasteiger partial charge in [-0.25, -0.2) is 0 Å². The number of nitrogens with zero attached hydrogens (tertiary/aromatic N) is 1. The van der Waals surface area contributed by atoms with E-state index in [2.05, 4.69) is 0 Å². The molecule has 4 rings (SSSR count). The summed E-state index contributed by atoms with van der Waals surface area (Å²) in [5.74, 6) is -0.621. The molecule has 0 aromatic heterocycles. The van der Waals surface area contributed by atoms with E-state index in [9.17, 15) is 4.79 Å². The third-order valence-electron chi connectivity index (χ3n) is 5.03. The Balaban J connectivity index is 1.63. The van der Waals surface area contributed by atoms with E-state index in [1.54, 1.807) is 6.07 Å². The Labute approximate surface area is 175 Å². The van der Waals surface area contributed by atoms with Crippen LogP contribution in [0.5, 0.6) is 5.75 Å². The van der Waals surface area contributed by atoms with Crippen LogP contribution in [0.3, 0.4) is 0 Å². The number of benzene rings is 3. The first-order valence-corrected chi connectivity index (χ1v) is 9.99. The molecule has 3 aromatic carbocycles. The van der Waals surface area contributed by atoms with Crippen molar-refractivity contribution in [3.8, 4) is 5.75 Å². The molecule has 4 nitrogen and oxygen atoms in total. The highest BCUT2D eigenvalue weighted by molar-refractivity contribution is 6.32. The van der Waals surface area contributed by atoms with Gasteiger partial charge in [-0.2, -0.15) is 0 Å². The zero-order valence-corrected chi connectivity index (χ0v) is 16.7. The molecule has 1 fully saturated rings. The van der Waals surface area contributed by atoms with E-state index in [0.717, 1.165) is 11.1 Å². The van der Waals surface area contributed by atoms with E-state index in [1.165, 1.54) is 0 Å². The average Bonchev–Trinajstić information content (AvgIpc) is 2.92. The Morgan fingerprint density at radius 1 is 0.931 bits per heavy atom. The summed E-state index contributed by atoms with van der Waals surface area (Å²) >= 11 is 6.34. The number of ether oxygens (including phenoxy) is 2. The van der Waals surface area contributed by atoms with Gasteiger partial charge in [-0.3, -0.25) is 4.79 Å². The van der Waals surface area contributed by atoms with Crippen LogP contribution in [0, 0.1) is 0 Å². The molecule has 0 saturated carbocycles. The second kappa shape index (κ2) is 8.68. The van der Waals surface area contributed by atoms with Crippen LogP contribution in [-0.4, -0.2) is 24.0 Å². The molecule has 1 atom stereocenters. The largest absolute Gasteiger partial charge is 0.456 e. The van der Waals surface area contributed by atoms with Gasteiger partial charge in [0.15, 0.2) is 0 Å². The van der Waals surface area contributed by atoms with Crippen molar-refractivity contribution in [3.05, 3.63) is 101 Å². The zero-order valence-electron chi connectivity index (χ0n) is 16.0. The average molecular weight is 408 g/mol. The summed E-state index contributed by atoms with van der Waals surface area (Å²) in [7, 11) is 0. The van der Waals surface area contributed by atoms with Crippen molar-refractivity contribution in [3.63, 3.8) is 0 Å². The number of carbonyl (C=O) groups excluding carboxylic acids is 1. The molecule has 3 aromatic rings. The summed E-state index contributed by atoms with van der Waals surface area (Å²) in [6.45, 7) is 0.985. The van der Waals surface area contributed by atoms with E-state index in [-0.39, 0.29) is 12.5 Å². The van der Waals surface area contributed by atoms with Crippen LogP contribution in [0.25, 0.3) is 0 Å². The minimum Gasteiger partial charge on any atom is -0.456 e. The van der Waals surface area contributed by atoms with E-state index in [1.807, 2.05) is 83.8 Å². The molecule has 0 spiro atoms.